The summed E-state index contributed by atoms with van der Waals surface area (Å²) in [5.41, 5.74) is 0. The highest BCUT2D eigenvalue weighted by atomic mass is 32.3. The van der Waals surface area contributed by atoms with Gasteiger partial charge in [-0.2, -0.15) is 0 Å². The average Bonchev–Trinajstić information content (AvgIpc) is 2.72. The summed E-state index contributed by atoms with van der Waals surface area (Å²) < 4.78 is 0. The molecular formula is C24H22S. The van der Waals surface area contributed by atoms with Gasteiger partial charge in [0, 0.05) is 14.7 Å². The standard InChI is InChI=1S/C24H22S/c1-5-13-21(14-6-1)25(22-15-7-2-8-16-22,23-17-9-3-10-18-23)24-19-11-4-12-20-24/h1-11,13-19H,12,20H2. The minimum Gasteiger partial charge on any atom is -0.137 e. The smallest absolute Gasteiger partial charge is 0.00200 e. The van der Waals surface area contributed by atoms with Gasteiger partial charge in [-0.15, -0.1) is 10.0 Å². The van der Waals surface area contributed by atoms with Gasteiger partial charge in [-0.05, 0) is 54.1 Å². The van der Waals surface area contributed by atoms with Crippen molar-refractivity contribution >= 4 is 10.0 Å². The molecule has 0 amide bonds. The third-order valence-electron chi connectivity index (χ3n) is 4.66. The fourth-order valence-corrected chi connectivity index (χ4v) is 7.70. The molecule has 0 unspecified atom stereocenters. The van der Waals surface area contributed by atoms with E-state index in [1.54, 1.807) is 4.91 Å². The first-order chi connectivity index (χ1) is 12.4. The first-order valence-electron chi connectivity index (χ1n) is 8.77. The topological polar surface area (TPSA) is 0 Å². The van der Waals surface area contributed by atoms with Crippen LogP contribution in [0.4, 0.5) is 0 Å². The van der Waals surface area contributed by atoms with Crippen LogP contribution in [-0.2, 0) is 0 Å². The summed E-state index contributed by atoms with van der Waals surface area (Å²) in [4.78, 5) is 5.77. The summed E-state index contributed by atoms with van der Waals surface area (Å²) in [5.74, 6) is 0. The van der Waals surface area contributed by atoms with Gasteiger partial charge < -0.3 is 0 Å². The molecule has 0 bridgehead atoms. The van der Waals surface area contributed by atoms with E-state index in [0.717, 1.165) is 12.8 Å². The van der Waals surface area contributed by atoms with Crippen molar-refractivity contribution in [3.8, 4) is 0 Å². The lowest BCUT2D eigenvalue weighted by Gasteiger charge is -2.44. The van der Waals surface area contributed by atoms with Crippen molar-refractivity contribution < 1.29 is 0 Å². The molecule has 3 aromatic rings. The molecule has 25 heavy (non-hydrogen) atoms. The van der Waals surface area contributed by atoms with Crippen LogP contribution >= 0.6 is 10.0 Å². The Bertz CT molecular complexity index is 780. The highest BCUT2D eigenvalue weighted by Crippen LogP contribution is 2.74. The highest BCUT2D eigenvalue weighted by Gasteiger charge is 2.34. The third kappa shape index (κ3) is 2.85. The Balaban J connectivity index is 2.08. The van der Waals surface area contributed by atoms with Gasteiger partial charge in [0.25, 0.3) is 0 Å². The Kier molecular flexibility index (Phi) is 4.58. The zero-order chi connectivity index (χ0) is 17.0. The fraction of sp³-hybridized carbons (Fsp3) is 0.0833. The first kappa shape index (κ1) is 16.0. The molecule has 124 valence electrons. The van der Waals surface area contributed by atoms with Gasteiger partial charge in [0.15, 0.2) is 0 Å². The van der Waals surface area contributed by atoms with Crippen molar-refractivity contribution in [2.45, 2.75) is 27.5 Å². The molecule has 1 heteroatoms. The van der Waals surface area contributed by atoms with Crippen LogP contribution in [0.1, 0.15) is 12.8 Å². The second-order valence-corrected chi connectivity index (χ2v) is 9.31. The SMILES string of the molecule is C1=CCCC(S(c2ccccc2)(c2ccccc2)c2ccccc2)=C1. The zero-order valence-electron chi connectivity index (χ0n) is 14.2. The molecule has 0 radical (unpaired) electrons. The maximum Gasteiger partial charge on any atom is 0.00200 e. The lowest BCUT2D eigenvalue weighted by Crippen LogP contribution is -2.08. The molecule has 3 aromatic carbocycles. The van der Waals surface area contributed by atoms with Crippen LogP contribution in [0.3, 0.4) is 0 Å². The molecule has 0 heterocycles. The van der Waals surface area contributed by atoms with E-state index in [0.29, 0.717) is 0 Å². The van der Waals surface area contributed by atoms with Gasteiger partial charge in [0.1, 0.15) is 0 Å². The highest BCUT2D eigenvalue weighted by molar-refractivity contribution is 8.37. The second kappa shape index (κ2) is 7.16. The second-order valence-electron chi connectivity index (χ2n) is 6.15. The summed E-state index contributed by atoms with van der Waals surface area (Å²) in [6.07, 6.45) is 9.09. The Labute approximate surface area is 151 Å². The summed E-state index contributed by atoms with van der Waals surface area (Å²) in [5, 5.41) is 0. The Morgan fingerprint density at radius 3 is 1.36 bits per heavy atom. The monoisotopic (exact) mass is 342 g/mol. The largest absolute Gasteiger partial charge is 0.137 e. The van der Waals surface area contributed by atoms with E-state index in [1.807, 2.05) is 0 Å². The van der Waals surface area contributed by atoms with Gasteiger partial charge in [-0.3, -0.25) is 0 Å². The van der Waals surface area contributed by atoms with Crippen molar-refractivity contribution in [1.29, 1.82) is 0 Å². The Morgan fingerprint density at radius 1 is 0.560 bits per heavy atom. The molecule has 0 fully saturated rings. The molecule has 0 aliphatic heterocycles. The van der Waals surface area contributed by atoms with Crippen molar-refractivity contribution in [1.82, 2.24) is 0 Å². The predicted molar refractivity (Wildman–Crippen MR) is 108 cm³/mol. The van der Waals surface area contributed by atoms with Gasteiger partial charge in [0.05, 0.1) is 0 Å². The maximum atomic E-state index is 2.35. The van der Waals surface area contributed by atoms with Crippen LogP contribution in [0.2, 0.25) is 0 Å². The molecule has 1 aliphatic carbocycles. The lowest BCUT2D eigenvalue weighted by atomic mass is 10.2. The Hall–Kier alpha value is -2.51. The lowest BCUT2D eigenvalue weighted by molar-refractivity contribution is 1.01. The number of hydrogen-bond donors (Lipinski definition) is 0. The minimum absolute atomic E-state index is 1.12. The van der Waals surface area contributed by atoms with Crippen molar-refractivity contribution in [2.75, 3.05) is 0 Å². The predicted octanol–water partition coefficient (Wildman–Crippen LogP) is 7.20. The molecule has 0 atom stereocenters. The molecule has 0 saturated heterocycles. The van der Waals surface area contributed by atoms with E-state index in [2.05, 4.69) is 109 Å². The van der Waals surface area contributed by atoms with Crippen LogP contribution in [0.5, 0.6) is 0 Å². The average molecular weight is 343 g/mol. The van der Waals surface area contributed by atoms with E-state index in [4.69, 9.17) is 0 Å². The summed E-state index contributed by atoms with van der Waals surface area (Å²) in [6.45, 7) is 0. The molecule has 0 N–H and O–H groups in total. The summed E-state index contributed by atoms with van der Waals surface area (Å²) in [7, 11) is -1.42. The van der Waals surface area contributed by atoms with Crippen molar-refractivity contribution in [3.05, 3.63) is 114 Å². The normalized spacial score (nSPS) is 14.8. The maximum absolute atomic E-state index is 2.35. The van der Waals surface area contributed by atoms with Gasteiger partial charge in [-0.25, -0.2) is 0 Å². The van der Waals surface area contributed by atoms with Crippen molar-refractivity contribution in [2.24, 2.45) is 0 Å². The van der Waals surface area contributed by atoms with Crippen LogP contribution < -0.4 is 0 Å². The summed E-state index contributed by atoms with van der Waals surface area (Å²) in [6, 6.07) is 33.1. The number of hydrogen-bond acceptors (Lipinski definition) is 0. The fourth-order valence-electron chi connectivity index (χ4n) is 3.57. The number of rotatable bonds is 4. The molecular weight excluding hydrogens is 320 g/mol. The van der Waals surface area contributed by atoms with E-state index in [-0.39, 0.29) is 0 Å². The molecule has 4 rings (SSSR count). The number of allylic oxidation sites excluding steroid dienone is 4. The summed E-state index contributed by atoms with van der Waals surface area (Å²) >= 11 is 0. The molecule has 0 saturated carbocycles. The third-order valence-corrected chi connectivity index (χ3v) is 8.72. The molecule has 0 spiro atoms. The van der Waals surface area contributed by atoms with Crippen molar-refractivity contribution in [3.63, 3.8) is 0 Å². The number of benzene rings is 3. The van der Waals surface area contributed by atoms with Crippen LogP contribution in [-0.4, -0.2) is 0 Å². The van der Waals surface area contributed by atoms with E-state index in [1.165, 1.54) is 14.7 Å². The van der Waals surface area contributed by atoms with Crippen LogP contribution in [0, 0.1) is 0 Å². The first-order valence-corrected chi connectivity index (χ1v) is 10.4. The molecule has 0 nitrogen and oxygen atoms in total. The minimum atomic E-state index is -1.42. The Morgan fingerprint density at radius 2 is 1.00 bits per heavy atom. The molecule has 1 aliphatic rings. The van der Waals surface area contributed by atoms with Gasteiger partial charge in [-0.1, -0.05) is 72.8 Å². The quantitative estimate of drug-likeness (QED) is 0.470. The van der Waals surface area contributed by atoms with Crippen LogP contribution in [0.15, 0.2) is 129 Å². The van der Waals surface area contributed by atoms with Gasteiger partial charge >= 0.3 is 0 Å². The van der Waals surface area contributed by atoms with Gasteiger partial charge in [0.2, 0.25) is 0 Å². The zero-order valence-corrected chi connectivity index (χ0v) is 15.0. The van der Waals surface area contributed by atoms with E-state index >= 15 is 0 Å². The van der Waals surface area contributed by atoms with E-state index in [9.17, 15) is 0 Å². The van der Waals surface area contributed by atoms with E-state index < -0.39 is 10.0 Å². The molecule has 0 aromatic heterocycles. The van der Waals surface area contributed by atoms with Crippen LogP contribution in [0.25, 0.3) is 0 Å².